The van der Waals surface area contributed by atoms with Gasteiger partial charge >= 0.3 is 0 Å². The SMILES string of the molecule is Clc1ccc(-n2cc(-c3nnnn3-c3ccc(Cl)cc3)cn2)cc1. The molecule has 0 atom stereocenters. The number of hydrogen-bond donors (Lipinski definition) is 0. The Morgan fingerprint density at radius 1 is 0.792 bits per heavy atom. The molecule has 0 amide bonds. The van der Waals surface area contributed by atoms with Crippen LogP contribution in [-0.4, -0.2) is 30.0 Å². The standard InChI is InChI=1S/C16H10Cl2N6/c17-12-1-5-14(6-2-12)23-10-11(9-19-23)16-20-21-22-24(16)15-7-3-13(18)4-8-15/h1-10H. The van der Waals surface area contributed by atoms with Crippen LogP contribution in [0.15, 0.2) is 60.9 Å². The average molecular weight is 357 g/mol. The van der Waals surface area contributed by atoms with Gasteiger partial charge in [0, 0.05) is 16.2 Å². The summed E-state index contributed by atoms with van der Waals surface area (Å²) >= 11 is 11.8. The molecule has 4 rings (SSSR count). The normalized spacial score (nSPS) is 10.9. The summed E-state index contributed by atoms with van der Waals surface area (Å²) in [7, 11) is 0. The van der Waals surface area contributed by atoms with Crippen molar-refractivity contribution in [2.24, 2.45) is 0 Å². The van der Waals surface area contributed by atoms with Gasteiger partial charge in [0.25, 0.3) is 0 Å². The average Bonchev–Trinajstić information content (AvgIpc) is 3.25. The molecule has 4 aromatic rings. The van der Waals surface area contributed by atoms with E-state index in [2.05, 4.69) is 20.6 Å². The quantitative estimate of drug-likeness (QED) is 0.559. The van der Waals surface area contributed by atoms with Crippen LogP contribution in [0.2, 0.25) is 10.0 Å². The van der Waals surface area contributed by atoms with Gasteiger partial charge in [-0.2, -0.15) is 9.78 Å². The molecule has 0 saturated heterocycles. The minimum Gasteiger partial charge on any atom is -0.240 e. The second kappa shape index (κ2) is 6.07. The monoisotopic (exact) mass is 356 g/mol. The topological polar surface area (TPSA) is 61.4 Å². The molecule has 118 valence electrons. The van der Waals surface area contributed by atoms with Crippen molar-refractivity contribution >= 4 is 23.2 Å². The molecule has 8 heteroatoms. The van der Waals surface area contributed by atoms with Crippen LogP contribution in [0, 0.1) is 0 Å². The molecule has 0 aliphatic heterocycles. The van der Waals surface area contributed by atoms with Gasteiger partial charge in [-0.05, 0) is 59.0 Å². The third-order valence-electron chi connectivity index (χ3n) is 3.47. The molecule has 0 radical (unpaired) electrons. The van der Waals surface area contributed by atoms with Crippen LogP contribution in [0.25, 0.3) is 22.8 Å². The van der Waals surface area contributed by atoms with Crippen LogP contribution in [-0.2, 0) is 0 Å². The Morgan fingerprint density at radius 2 is 1.42 bits per heavy atom. The van der Waals surface area contributed by atoms with E-state index >= 15 is 0 Å². The lowest BCUT2D eigenvalue weighted by Crippen LogP contribution is -1.99. The summed E-state index contributed by atoms with van der Waals surface area (Å²) in [4.78, 5) is 0. The number of hydrogen-bond acceptors (Lipinski definition) is 4. The van der Waals surface area contributed by atoms with Crippen molar-refractivity contribution in [3.05, 3.63) is 71.0 Å². The van der Waals surface area contributed by atoms with Crippen molar-refractivity contribution in [2.45, 2.75) is 0 Å². The highest BCUT2D eigenvalue weighted by Crippen LogP contribution is 2.21. The van der Waals surface area contributed by atoms with Crippen LogP contribution in [0.1, 0.15) is 0 Å². The molecule has 0 aliphatic carbocycles. The zero-order chi connectivity index (χ0) is 16.5. The van der Waals surface area contributed by atoms with E-state index in [9.17, 15) is 0 Å². The Labute approximate surface area is 147 Å². The van der Waals surface area contributed by atoms with Crippen LogP contribution >= 0.6 is 23.2 Å². The summed E-state index contributed by atoms with van der Waals surface area (Å²) in [6.07, 6.45) is 3.58. The van der Waals surface area contributed by atoms with Crippen LogP contribution in [0.5, 0.6) is 0 Å². The Kier molecular flexibility index (Phi) is 3.76. The van der Waals surface area contributed by atoms with Gasteiger partial charge in [-0.15, -0.1) is 5.10 Å². The molecule has 2 heterocycles. The summed E-state index contributed by atoms with van der Waals surface area (Å²) in [5.74, 6) is 0.595. The first kappa shape index (κ1) is 14.9. The second-order valence-corrected chi connectivity index (χ2v) is 5.91. The first-order valence-electron chi connectivity index (χ1n) is 7.06. The van der Waals surface area contributed by atoms with Crippen LogP contribution in [0.3, 0.4) is 0 Å². The third-order valence-corrected chi connectivity index (χ3v) is 3.98. The first-order valence-corrected chi connectivity index (χ1v) is 7.81. The van der Waals surface area contributed by atoms with Crippen molar-refractivity contribution in [1.29, 1.82) is 0 Å². The molecule has 2 aromatic carbocycles. The predicted molar refractivity (Wildman–Crippen MR) is 91.7 cm³/mol. The summed E-state index contributed by atoms with van der Waals surface area (Å²) in [5, 5.41) is 17.6. The van der Waals surface area contributed by atoms with Crippen molar-refractivity contribution in [3.8, 4) is 22.8 Å². The maximum atomic E-state index is 5.93. The van der Waals surface area contributed by atoms with Crippen molar-refractivity contribution in [3.63, 3.8) is 0 Å². The van der Waals surface area contributed by atoms with E-state index in [1.54, 1.807) is 27.7 Å². The highest BCUT2D eigenvalue weighted by Gasteiger charge is 2.13. The van der Waals surface area contributed by atoms with E-state index in [4.69, 9.17) is 23.2 Å². The smallest absolute Gasteiger partial charge is 0.190 e. The lowest BCUT2D eigenvalue weighted by atomic mass is 10.3. The molecule has 0 saturated carbocycles. The van der Waals surface area contributed by atoms with Gasteiger partial charge in [-0.1, -0.05) is 23.2 Å². The molecule has 24 heavy (non-hydrogen) atoms. The summed E-state index contributed by atoms with van der Waals surface area (Å²) in [6.45, 7) is 0. The molecule has 0 N–H and O–H groups in total. The number of nitrogens with zero attached hydrogens (tertiary/aromatic N) is 6. The van der Waals surface area contributed by atoms with E-state index < -0.39 is 0 Å². The zero-order valence-electron chi connectivity index (χ0n) is 12.2. The second-order valence-electron chi connectivity index (χ2n) is 5.04. The van der Waals surface area contributed by atoms with Gasteiger partial charge in [0.15, 0.2) is 5.82 Å². The van der Waals surface area contributed by atoms with Gasteiger partial charge in [0.05, 0.1) is 23.1 Å². The molecule has 0 fully saturated rings. The molecular weight excluding hydrogens is 347 g/mol. The summed E-state index contributed by atoms with van der Waals surface area (Å²) in [6, 6.07) is 14.7. The molecular formula is C16H10Cl2N6. The van der Waals surface area contributed by atoms with Gasteiger partial charge in [-0.25, -0.2) is 4.68 Å². The number of tetrazole rings is 1. The highest BCUT2D eigenvalue weighted by molar-refractivity contribution is 6.30. The molecule has 0 spiro atoms. The van der Waals surface area contributed by atoms with E-state index in [1.165, 1.54) is 0 Å². The highest BCUT2D eigenvalue weighted by atomic mass is 35.5. The zero-order valence-corrected chi connectivity index (χ0v) is 13.7. The molecule has 0 aliphatic rings. The fourth-order valence-corrected chi connectivity index (χ4v) is 2.55. The molecule has 0 unspecified atom stereocenters. The molecule has 2 aromatic heterocycles. The summed E-state index contributed by atoms with van der Waals surface area (Å²) < 4.78 is 3.38. The maximum absolute atomic E-state index is 5.93. The fraction of sp³-hybridized carbons (Fsp3) is 0. The van der Waals surface area contributed by atoms with Gasteiger partial charge in [-0.3, -0.25) is 0 Å². The van der Waals surface area contributed by atoms with Crippen LogP contribution in [0.4, 0.5) is 0 Å². The Bertz CT molecular complexity index is 972. The van der Waals surface area contributed by atoms with Gasteiger partial charge in [0.2, 0.25) is 0 Å². The third kappa shape index (κ3) is 2.77. The number of halogens is 2. The van der Waals surface area contributed by atoms with E-state index in [-0.39, 0.29) is 0 Å². The van der Waals surface area contributed by atoms with Crippen molar-refractivity contribution < 1.29 is 0 Å². The lowest BCUT2D eigenvalue weighted by Gasteiger charge is -2.03. The minimum absolute atomic E-state index is 0.595. The molecule has 0 bridgehead atoms. The number of rotatable bonds is 3. The van der Waals surface area contributed by atoms with E-state index in [0.29, 0.717) is 15.9 Å². The Morgan fingerprint density at radius 3 is 2.08 bits per heavy atom. The van der Waals surface area contributed by atoms with Gasteiger partial charge < -0.3 is 0 Å². The minimum atomic E-state index is 0.595. The molecule has 6 nitrogen and oxygen atoms in total. The predicted octanol–water partition coefficient (Wildman–Crippen LogP) is 3.82. The van der Waals surface area contributed by atoms with Gasteiger partial charge in [0.1, 0.15) is 0 Å². The fourth-order valence-electron chi connectivity index (χ4n) is 2.30. The van der Waals surface area contributed by atoms with E-state index in [1.807, 2.05) is 42.6 Å². The largest absolute Gasteiger partial charge is 0.240 e. The first-order chi connectivity index (χ1) is 11.7. The van der Waals surface area contributed by atoms with Crippen molar-refractivity contribution in [2.75, 3.05) is 0 Å². The number of aromatic nitrogens is 6. The van der Waals surface area contributed by atoms with Crippen molar-refractivity contribution in [1.82, 2.24) is 30.0 Å². The van der Waals surface area contributed by atoms with E-state index in [0.717, 1.165) is 16.9 Å². The van der Waals surface area contributed by atoms with Crippen LogP contribution < -0.4 is 0 Å². The lowest BCUT2D eigenvalue weighted by molar-refractivity contribution is 0.791. The summed E-state index contributed by atoms with van der Waals surface area (Å²) in [5.41, 5.74) is 2.51. The Hall–Kier alpha value is -2.70. The Balaban J connectivity index is 1.72. The number of benzene rings is 2. The maximum Gasteiger partial charge on any atom is 0.190 e.